The molecule has 9 heteroatoms. The lowest BCUT2D eigenvalue weighted by Crippen LogP contribution is -2.47. The van der Waals surface area contributed by atoms with Gasteiger partial charge in [-0.25, -0.2) is 9.97 Å². The molecule has 0 aromatic carbocycles. The Balaban J connectivity index is 1.28. The molecule has 0 bridgehead atoms. The molecule has 1 amide bonds. The Morgan fingerprint density at radius 1 is 1.05 bits per heavy atom. The van der Waals surface area contributed by atoms with E-state index in [1.54, 1.807) is 25.2 Å². The summed E-state index contributed by atoms with van der Waals surface area (Å²) in [5, 5.41) is 4.17. The van der Waals surface area contributed by atoms with E-state index in [-0.39, 0.29) is 5.91 Å². The highest BCUT2D eigenvalue weighted by Crippen LogP contribution is 2.35. The normalized spacial score (nSPS) is 17.0. The monoisotopic (exact) mass is 518 g/mol. The van der Waals surface area contributed by atoms with E-state index in [1.165, 1.54) is 32.2 Å². The first-order valence-electron chi connectivity index (χ1n) is 14.3. The van der Waals surface area contributed by atoms with E-state index < -0.39 is 0 Å². The second-order valence-electron chi connectivity index (χ2n) is 11.0. The first-order valence-corrected chi connectivity index (χ1v) is 14.3. The molecule has 1 saturated heterocycles. The van der Waals surface area contributed by atoms with Crippen molar-refractivity contribution >= 4 is 34.4 Å². The molecule has 1 N–H and O–H groups in total. The van der Waals surface area contributed by atoms with E-state index in [0.717, 1.165) is 61.7 Å². The molecule has 4 heterocycles. The number of hydrogen-bond acceptors (Lipinski definition) is 7. The zero-order chi connectivity index (χ0) is 26.6. The smallest absolute Gasteiger partial charge is 0.270 e. The highest BCUT2D eigenvalue weighted by Gasteiger charge is 2.26. The molecule has 204 valence electrons. The van der Waals surface area contributed by atoms with Crippen molar-refractivity contribution < 1.29 is 4.79 Å². The highest BCUT2D eigenvalue weighted by atomic mass is 16.2. The summed E-state index contributed by atoms with van der Waals surface area (Å²) in [5.74, 6) is 2.01. The summed E-state index contributed by atoms with van der Waals surface area (Å²) in [5.41, 5.74) is 2.64. The van der Waals surface area contributed by atoms with Crippen LogP contribution < -0.4 is 10.2 Å². The number of carbonyl (C=O) groups excluding carboxylic acids is 1. The van der Waals surface area contributed by atoms with Crippen molar-refractivity contribution in [3.8, 4) is 0 Å². The molecule has 2 aliphatic rings. The van der Waals surface area contributed by atoms with Crippen LogP contribution in [0.2, 0.25) is 0 Å². The summed E-state index contributed by atoms with van der Waals surface area (Å²) >= 11 is 0. The number of hydrogen-bond donors (Lipinski definition) is 1. The summed E-state index contributed by atoms with van der Waals surface area (Å²) in [6, 6.07) is 6.34. The molecule has 0 spiro atoms. The largest absolute Gasteiger partial charge is 0.368 e. The summed E-state index contributed by atoms with van der Waals surface area (Å²) in [4.78, 5) is 33.6. The number of anilines is 3. The molecule has 38 heavy (non-hydrogen) atoms. The minimum Gasteiger partial charge on any atom is -0.368 e. The summed E-state index contributed by atoms with van der Waals surface area (Å²) in [6.45, 7) is 10.1. The number of nitrogens with zero attached hydrogens (tertiary/aromatic N) is 7. The molecule has 3 aromatic rings. The van der Waals surface area contributed by atoms with Crippen LogP contribution in [0.3, 0.4) is 0 Å². The van der Waals surface area contributed by atoms with Crippen LogP contribution in [0, 0.1) is 5.92 Å². The first-order chi connectivity index (χ1) is 18.5. The molecular weight excluding hydrogens is 476 g/mol. The van der Waals surface area contributed by atoms with E-state index in [0.29, 0.717) is 23.5 Å². The van der Waals surface area contributed by atoms with Gasteiger partial charge in [-0.3, -0.25) is 9.69 Å². The molecule has 0 unspecified atom stereocenters. The van der Waals surface area contributed by atoms with Crippen LogP contribution >= 0.6 is 0 Å². The maximum absolute atomic E-state index is 12.9. The Hall–Kier alpha value is -3.20. The Morgan fingerprint density at radius 3 is 2.42 bits per heavy atom. The van der Waals surface area contributed by atoms with Gasteiger partial charge in [0.15, 0.2) is 0 Å². The number of fused-ring (bicyclic) bond motifs is 1. The van der Waals surface area contributed by atoms with Crippen LogP contribution in [-0.2, 0) is 0 Å². The molecule has 1 aliphatic heterocycles. The van der Waals surface area contributed by atoms with Gasteiger partial charge < -0.3 is 19.7 Å². The van der Waals surface area contributed by atoms with Crippen molar-refractivity contribution in [2.75, 3.05) is 57.0 Å². The fraction of sp³-hybridized carbons (Fsp3) is 0.586. The van der Waals surface area contributed by atoms with Gasteiger partial charge in [0.1, 0.15) is 17.2 Å². The fourth-order valence-corrected chi connectivity index (χ4v) is 5.86. The number of nitrogens with one attached hydrogen (secondary N) is 1. The number of carbonyl (C=O) groups is 1. The average molecular weight is 519 g/mol. The zero-order valence-corrected chi connectivity index (χ0v) is 23.4. The standard InChI is InChI=1S/C29H42N8O/c1-5-21(6-2)20-35-13-15-36(16-14-35)24-11-12-26(30-19-24)32-29-31-18-22-17-25(28(38)34(3)4)37(27(22)33-29)23-9-7-8-10-23/h11-12,17-19,21,23H,5-10,13-16,20H2,1-4H3,(H,30,31,32,33). The Labute approximate surface area is 226 Å². The Kier molecular flexibility index (Phi) is 8.12. The highest BCUT2D eigenvalue weighted by molar-refractivity contribution is 5.97. The van der Waals surface area contributed by atoms with Gasteiger partial charge in [0.2, 0.25) is 5.95 Å². The number of pyridine rings is 1. The number of aromatic nitrogens is 4. The summed E-state index contributed by atoms with van der Waals surface area (Å²) in [7, 11) is 3.59. The summed E-state index contributed by atoms with van der Waals surface area (Å²) < 4.78 is 2.14. The first kappa shape index (κ1) is 26.4. The SMILES string of the molecule is CCC(CC)CN1CCN(c2ccc(Nc3ncc4cc(C(=O)N(C)C)n(C5CCCC5)c4n3)nc2)CC1. The quantitative estimate of drug-likeness (QED) is 0.429. The van der Waals surface area contributed by atoms with Crippen LogP contribution in [0.15, 0.2) is 30.6 Å². The zero-order valence-electron chi connectivity index (χ0n) is 23.4. The maximum Gasteiger partial charge on any atom is 0.270 e. The number of amides is 1. The lowest BCUT2D eigenvalue weighted by molar-refractivity contribution is 0.0815. The van der Waals surface area contributed by atoms with E-state index >= 15 is 0 Å². The topological polar surface area (TPSA) is 82.4 Å². The van der Waals surface area contributed by atoms with E-state index in [2.05, 4.69) is 49.6 Å². The van der Waals surface area contributed by atoms with Gasteiger partial charge in [-0.15, -0.1) is 0 Å². The molecular formula is C29H42N8O. The minimum absolute atomic E-state index is 0.00181. The molecule has 5 rings (SSSR count). The molecule has 1 aliphatic carbocycles. The van der Waals surface area contributed by atoms with Crippen LogP contribution in [0.5, 0.6) is 0 Å². The van der Waals surface area contributed by atoms with Gasteiger partial charge in [-0.05, 0) is 37.0 Å². The van der Waals surface area contributed by atoms with Crippen molar-refractivity contribution in [3.05, 3.63) is 36.3 Å². The third kappa shape index (κ3) is 5.62. The van der Waals surface area contributed by atoms with Crippen LogP contribution in [0.25, 0.3) is 11.0 Å². The lowest BCUT2D eigenvalue weighted by atomic mass is 10.0. The van der Waals surface area contributed by atoms with Crippen molar-refractivity contribution in [2.45, 2.75) is 58.4 Å². The molecule has 3 aromatic heterocycles. The van der Waals surface area contributed by atoms with Gasteiger partial charge in [-0.2, -0.15) is 4.98 Å². The second-order valence-corrected chi connectivity index (χ2v) is 11.0. The molecule has 0 radical (unpaired) electrons. The molecule has 1 saturated carbocycles. The molecule has 2 fully saturated rings. The van der Waals surface area contributed by atoms with Gasteiger partial charge in [-0.1, -0.05) is 39.5 Å². The number of piperazine rings is 1. The van der Waals surface area contributed by atoms with Crippen molar-refractivity contribution in [2.24, 2.45) is 5.92 Å². The van der Waals surface area contributed by atoms with Gasteiger partial charge >= 0.3 is 0 Å². The van der Waals surface area contributed by atoms with Gasteiger partial charge in [0.05, 0.1) is 11.9 Å². The Morgan fingerprint density at radius 2 is 1.79 bits per heavy atom. The van der Waals surface area contributed by atoms with Crippen molar-refractivity contribution in [3.63, 3.8) is 0 Å². The van der Waals surface area contributed by atoms with Crippen molar-refractivity contribution in [1.82, 2.24) is 29.3 Å². The predicted octanol–water partition coefficient (Wildman–Crippen LogP) is 4.95. The molecule has 9 nitrogen and oxygen atoms in total. The third-order valence-electron chi connectivity index (χ3n) is 8.29. The van der Waals surface area contributed by atoms with Crippen LogP contribution in [0.1, 0.15) is 68.9 Å². The van der Waals surface area contributed by atoms with Gasteiger partial charge in [0, 0.05) is 64.4 Å². The van der Waals surface area contributed by atoms with E-state index in [4.69, 9.17) is 4.98 Å². The lowest BCUT2D eigenvalue weighted by Gasteiger charge is -2.37. The van der Waals surface area contributed by atoms with E-state index in [1.807, 2.05) is 18.3 Å². The molecule has 0 atom stereocenters. The third-order valence-corrected chi connectivity index (χ3v) is 8.29. The number of rotatable bonds is 9. The fourth-order valence-electron chi connectivity index (χ4n) is 5.86. The summed E-state index contributed by atoms with van der Waals surface area (Å²) in [6.07, 6.45) is 10.8. The Bertz CT molecular complexity index is 1220. The van der Waals surface area contributed by atoms with E-state index in [9.17, 15) is 4.79 Å². The predicted molar refractivity (Wildman–Crippen MR) is 153 cm³/mol. The van der Waals surface area contributed by atoms with Gasteiger partial charge in [0.25, 0.3) is 5.91 Å². The maximum atomic E-state index is 12.9. The van der Waals surface area contributed by atoms with Crippen molar-refractivity contribution in [1.29, 1.82) is 0 Å². The van der Waals surface area contributed by atoms with Crippen LogP contribution in [-0.4, -0.2) is 82.0 Å². The average Bonchev–Trinajstić information content (AvgIpc) is 3.60. The second kappa shape index (κ2) is 11.7. The van der Waals surface area contributed by atoms with Crippen LogP contribution in [0.4, 0.5) is 17.5 Å². The minimum atomic E-state index is -0.00181.